The lowest BCUT2D eigenvalue weighted by Gasteiger charge is -2.09. The second-order valence-electron chi connectivity index (χ2n) is 5.61. The number of rotatable bonds is 3. The standard InChI is InChI=1S/C18H21NO/c1-12(2)15-5-7-16(8-6-15)18(20)19-17-10-13(3)9-14(4)11-17/h5-12H,1-4H3,(H,19,20). The minimum atomic E-state index is -0.0645. The minimum Gasteiger partial charge on any atom is -0.322 e. The molecule has 0 aliphatic heterocycles. The lowest BCUT2D eigenvalue weighted by molar-refractivity contribution is 0.102. The molecule has 0 aliphatic carbocycles. The summed E-state index contributed by atoms with van der Waals surface area (Å²) >= 11 is 0. The summed E-state index contributed by atoms with van der Waals surface area (Å²) in [5, 5.41) is 2.95. The van der Waals surface area contributed by atoms with Crippen molar-refractivity contribution in [2.45, 2.75) is 33.6 Å². The van der Waals surface area contributed by atoms with E-state index in [1.165, 1.54) is 5.56 Å². The van der Waals surface area contributed by atoms with Crippen LogP contribution in [0, 0.1) is 13.8 Å². The molecular formula is C18H21NO. The first-order valence-electron chi connectivity index (χ1n) is 6.95. The van der Waals surface area contributed by atoms with Gasteiger partial charge in [0.25, 0.3) is 5.91 Å². The van der Waals surface area contributed by atoms with Crippen molar-refractivity contribution in [1.82, 2.24) is 0 Å². The quantitative estimate of drug-likeness (QED) is 0.859. The smallest absolute Gasteiger partial charge is 0.255 e. The van der Waals surface area contributed by atoms with Gasteiger partial charge in [-0.1, -0.05) is 32.0 Å². The molecule has 0 bridgehead atoms. The monoisotopic (exact) mass is 267 g/mol. The number of aryl methyl sites for hydroxylation is 2. The van der Waals surface area contributed by atoms with Crippen molar-refractivity contribution in [3.05, 3.63) is 64.7 Å². The molecule has 2 rings (SSSR count). The Morgan fingerprint density at radius 2 is 1.50 bits per heavy atom. The van der Waals surface area contributed by atoms with Crippen molar-refractivity contribution in [3.63, 3.8) is 0 Å². The number of hydrogen-bond acceptors (Lipinski definition) is 1. The molecule has 0 spiro atoms. The summed E-state index contributed by atoms with van der Waals surface area (Å²) in [5.41, 5.74) is 5.08. The Hall–Kier alpha value is -2.09. The SMILES string of the molecule is Cc1cc(C)cc(NC(=O)c2ccc(C(C)C)cc2)c1. The fourth-order valence-electron chi connectivity index (χ4n) is 2.27. The van der Waals surface area contributed by atoms with E-state index in [-0.39, 0.29) is 5.91 Å². The van der Waals surface area contributed by atoms with Crippen LogP contribution in [-0.2, 0) is 0 Å². The first-order chi connectivity index (χ1) is 9.45. The van der Waals surface area contributed by atoms with Crippen molar-refractivity contribution in [3.8, 4) is 0 Å². The predicted octanol–water partition coefficient (Wildman–Crippen LogP) is 4.68. The zero-order valence-electron chi connectivity index (χ0n) is 12.5. The molecule has 1 N–H and O–H groups in total. The summed E-state index contributed by atoms with van der Waals surface area (Å²) < 4.78 is 0. The van der Waals surface area contributed by atoms with Crippen LogP contribution in [0.4, 0.5) is 5.69 Å². The molecule has 0 heterocycles. The van der Waals surface area contributed by atoms with Crippen LogP contribution in [0.5, 0.6) is 0 Å². The van der Waals surface area contributed by atoms with Gasteiger partial charge in [0, 0.05) is 11.3 Å². The fraction of sp³-hybridized carbons (Fsp3) is 0.278. The second-order valence-corrected chi connectivity index (χ2v) is 5.61. The van der Waals surface area contributed by atoms with Gasteiger partial charge in [0.1, 0.15) is 0 Å². The number of anilines is 1. The molecule has 2 nitrogen and oxygen atoms in total. The summed E-state index contributed by atoms with van der Waals surface area (Å²) in [7, 11) is 0. The van der Waals surface area contributed by atoms with Crippen molar-refractivity contribution >= 4 is 11.6 Å². The number of carbonyl (C=O) groups is 1. The molecular weight excluding hydrogens is 246 g/mol. The molecule has 1 amide bonds. The first-order valence-corrected chi connectivity index (χ1v) is 6.95. The molecule has 0 unspecified atom stereocenters. The Balaban J connectivity index is 2.15. The van der Waals surface area contributed by atoms with E-state index in [0.717, 1.165) is 16.8 Å². The molecule has 0 aromatic heterocycles. The molecule has 0 atom stereocenters. The maximum Gasteiger partial charge on any atom is 0.255 e. The topological polar surface area (TPSA) is 29.1 Å². The van der Waals surface area contributed by atoms with Crippen LogP contribution in [0.15, 0.2) is 42.5 Å². The third-order valence-electron chi connectivity index (χ3n) is 3.32. The molecule has 20 heavy (non-hydrogen) atoms. The van der Waals surface area contributed by atoms with Crippen LogP contribution in [0.2, 0.25) is 0 Å². The van der Waals surface area contributed by atoms with Gasteiger partial charge in [0.15, 0.2) is 0 Å². The number of benzene rings is 2. The molecule has 0 aliphatic rings. The Labute approximate surface area is 120 Å². The summed E-state index contributed by atoms with van der Waals surface area (Å²) in [5.74, 6) is 0.414. The lowest BCUT2D eigenvalue weighted by atomic mass is 10.0. The Morgan fingerprint density at radius 3 is 2.00 bits per heavy atom. The third-order valence-corrected chi connectivity index (χ3v) is 3.32. The molecule has 0 radical (unpaired) electrons. The van der Waals surface area contributed by atoms with Crippen LogP contribution in [0.1, 0.15) is 46.8 Å². The van der Waals surface area contributed by atoms with E-state index in [1.54, 1.807) is 0 Å². The maximum atomic E-state index is 12.2. The van der Waals surface area contributed by atoms with Crippen LogP contribution >= 0.6 is 0 Å². The van der Waals surface area contributed by atoms with Crippen molar-refractivity contribution in [2.24, 2.45) is 0 Å². The lowest BCUT2D eigenvalue weighted by Crippen LogP contribution is -2.12. The Morgan fingerprint density at radius 1 is 0.950 bits per heavy atom. The average molecular weight is 267 g/mol. The number of carbonyl (C=O) groups excluding carboxylic acids is 1. The van der Waals surface area contributed by atoms with Gasteiger partial charge in [-0.05, 0) is 60.7 Å². The molecule has 104 valence electrons. The second kappa shape index (κ2) is 5.91. The Kier molecular flexibility index (Phi) is 4.23. The van der Waals surface area contributed by atoms with Crippen LogP contribution in [0.3, 0.4) is 0 Å². The molecule has 2 heteroatoms. The normalized spacial score (nSPS) is 10.7. The highest BCUT2D eigenvalue weighted by Crippen LogP contribution is 2.17. The number of hydrogen-bond donors (Lipinski definition) is 1. The predicted molar refractivity (Wildman–Crippen MR) is 84.4 cm³/mol. The molecule has 0 saturated heterocycles. The summed E-state index contributed by atoms with van der Waals surface area (Å²) in [6.07, 6.45) is 0. The third kappa shape index (κ3) is 3.47. The first kappa shape index (κ1) is 14.3. The van der Waals surface area contributed by atoms with E-state index >= 15 is 0 Å². The summed E-state index contributed by atoms with van der Waals surface area (Å²) in [6.45, 7) is 8.34. The van der Waals surface area contributed by atoms with Crippen molar-refractivity contribution < 1.29 is 4.79 Å². The van der Waals surface area contributed by atoms with E-state index in [4.69, 9.17) is 0 Å². The van der Waals surface area contributed by atoms with Gasteiger partial charge < -0.3 is 5.32 Å². The Bertz CT molecular complexity index is 592. The molecule has 2 aromatic rings. The van der Waals surface area contributed by atoms with Crippen molar-refractivity contribution in [2.75, 3.05) is 5.32 Å². The van der Waals surface area contributed by atoms with Gasteiger partial charge >= 0.3 is 0 Å². The van der Waals surface area contributed by atoms with Gasteiger partial charge in [0.2, 0.25) is 0 Å². The largest absolute Gasteiger partial charge is 0.322 e. The maximum absolute atomic E-state index is 12.2. The molecule has 0 saturated carbocycles. The number of amides is 1. The van der Waals surface area contributed by atoms with E-state index in [9.17, 15) is 4.79 Å². The van der Waals surface area contributed by atoms with E-state index in [1.807, 2.05) is 50.2 Å². The van der Waals surface area contributed by atoms with Crippen LogP contribution in [0.25, 0.3) is 0 Å². The van der Waals surface area contributed by atoms with Gasteiger partial charge in [0.05, 0.1) is 0 Å². The van der Waals surface area contributed by atoms with Gasteiger partial charge in [-0.15, -0.1) is 0 Å². The zero-order valence-corrected chi connectivity index (χ0v) is 12.5. The van der Waals surface area contributed by atoms with E-state index in [0.29, 0.717) is 11.5 Å². The van der Waals surface area contributed by atoms with Gasteiger partial charge in [-0.2, -0.15) is 0 Å². The molecule has 2 aromatic carbocycles. The van der Waals surface area contributed by atoms with Crippen LogP contribution < -0.4 is 5.32 Å². The highest BCUT2D eigenvalue weighted by Gasteiger charge is 2.07. The van der Waals surface area contributed by atoms with E-state index < -0.39 is 0 Å². The van der Waals surface area contributed by atoms with E-state index in [2.05, 4.69) is 25.2 Å². The van der Waals surface area contributed by atoms with Gasteiger partial charge in [-0.3, -0.25) is 4.79 Å². The highest BCUT2D eigenvalue weighted by molar-refractivity contribution is 6.04. The molecule has 0 fully saturated rings. The number of nitrogens with one attached hydrogen (secondary N) is 1. The highest BCUT2D eigenvalue weighted by atomic mass is 16.1. The van der Waals surface area contributed by atoms with Gasteiger partial charge in [-0.25, -0.2) is 0 Å². The minimum absolute atomic E-state index is 0.0645. The zero-order chi connectivity index (χ0) is 14.7. The summed E-state index contributed by atoms with van der Waals surface area (Å²) in [4.78, 5) is 12.2. The van der Waals surface area contributed by atoms with Crippen molar-refractivity contribution in [1.29, 1.82) is 0 Å². The van der Waals surface area contributed by atoms with Crippen LogP contribution in [-0.4, -0.2) is 5.91 Å². The fourth-order valence-corrected chi connectivity index (χ4v) is 2.27. The summed E-state index contributed by atoms with van der Waals surface area (Å²) in [6, 6.07) is 13.8. The average Bonchev–Trinajstić information content (AvgIpc) is 2.37.